The topological polar surface area (TPSA) is 193 Å². The van der Waals surface area contributed by atoms with E-state index in [1.54, 1.807) is 37.4 Å². The standard InChI is InChI=1S/C36H46FN5O9S/c1-4-50-25-9-10-27-23(16-25)11-14-38-31(27)51-26-17-28-30(43)40-36(33(45)41-52(48,49)35(20-37)12-13-35)18-24(36)8-6-5-7-21(2)15-22(3)29(39-34(46)47)32(44)42(28)19-26/h6,8-11,14,16,21-22,24,26,28-29,39H,4-5,7,12-13,15,17-20H2,1-3H3,(H,40,43)(H,41,45)(H,46,47)/b8-6-/t21-,22-,24-,26-,28+,29+,36-/m1/s1. The molecule has 0 bridgehead atoms. The lowest BCUT2D eigenvalue weighted by Crippen LogP contribution is -2.59. The van der Waals surface area contributed by atoms with E-state index in [4.69, 9.17) is 9.47 Å². The maximum absolute atomic E-state index is 14.3. The first-order valence-corrected chi connectivity index (χ1v) is 19.3. The summed E-state index contributed by atoms with van der Waals surface area (Å²) in [7, 11) is -4.38. The van der Waals surface area contributed by atoms with Gasteiger partial charge in [0.15, 0.2) is 0 Å². The fraction of sp³-hybridized carbons (Fsp3) is 0.583. The number of amides is 4. The van der Waals surface area contributed by atoms with Crippen molar-refractivity contribution in [3.8, 4) is 11.6 Å². The van der Waals surface area contributed by atoms with E-state index in [9.17, 15) is 37.1 Å². The average Bonchev–Trinajstić information content (AvgIpc) is 4.00. The Balaban J connectivity index is 1.33. The van der Waals surface area contributed by atoms with Crippen LogP contribution in [0.4, 0.5) is 9.18 Å². The molecule has 3 heterocycles. The lowest BCUT2D eigenvalue weighted by Gasteiger charge is -2.32. The Morgan fingerprint density at radius 1 is 1.17 bits per heavy atom. The first kappa shape index (κ1) is 37.3. The van der Waals surface area contributed by atoms with Crippen LogP contribution in [-0.2, 0) is 24.4 Å². The molecule has 4 N–H and O–H groups in total. The number of ether oxygens (including phenoxy) is 2. The minimum atomic E-state index is -4.38. The van der Waals surface area contributed by atoms with Crippen molar-refractivity contribution < 1.29 is 46.6 Å². The monoisotopic (exact) mass is 743 g/mol. The minimum Gasteiger partial charge on any atom is -0.494 e. The molecule has 0 radical (unpaired) electrons. The highest BCUT2D eigenvalue weighted by Gasteiger charge is 2.64. The zero-order valence-corrected chi connectivity index (χ0v) is 30.3. The largest absolute Gasteiger partial charge is 0.494 e. The Kier molecular flexibility index (Phi) is 10.4. The molecule has 1 aromatic carbocycles. The van der Waals surface area contributed by atoms with E-state index < -0.39 is 80.8 Å². The summed E-state index contributed by atoms with van der Waals surface area (Å²) in [5, 5.41) is 16.4. The third-order valence-electron chi connectivity index (χ3n) is 10.8. The molecule has 282 valence electrons. The highest BCUT2D eigenvalue weighted by atomic mass is 32.2. The van der Waals surface area contributed by atoms with Crippen molar-refractivity contribution in [2.45, 2.75) is 94.2 Å². The van der Waals surface area contributed by atoms with Gasteiger partial charge in [-0.1, -0.05) is 26.0 Å². The van der Waals surface area contributed by atoms with E-state index in [1.807, 2.05) is 26.0 Å². The normalized spacial score (nSPS) is 30.8. The van der Waals surface area contributed by atoms with Crippen LogP contribution >= 0.6 is 0 Å². The second-order valence-electron chi connectivity index (χ2n) is 14.7. The fourth-order valence-electron chi connectivity index (χ4n) is 7.52. The molecule has 1 aromatic heterocycles. The molecule has 0 spiro atoms. The van der Waals surface area contributed by atoms with Gasteiger partial charge in [-0.25, -0.2) is 22.6 Å². The number of hydrogen-bond donors (Lipinski definition) is 4. The number of aromatic nitrogens is 1. The van der Waals surface area contributed by atoms with Crippen molar-refractivity contribution in [1.82, 2.24) is 25.2 Å². The fourth-order valence-corrected chi connectivity index (χ4v) is 8.95. The Morgan fingerprint density at radius 3 is 2.63 bits per heavy atom. The Bertz CT molecular complexity index is 1870. The maximum Gasteiger partial charge on any atom is 0.405 e. The number of benzene rings is 1. The molecular formula is C36H46FN5O9S. The van der Waals surface area contributed by atoms with Gasteiger partial charge in [0.25, 0.3) is 5.91 Å². The van der Waals surface area contributed by atoms with Gasteiger partial charge in [0.05, 0.1) is 13.2 Å². The van der Waals surface area contributed by atoms with Gasteiger partial charge < -0.3 is 30.1 Å². The second kappa shape index (κ2) is 14.5. The number of halogens is 1. The quantitative estimate of drug-likeness (QED) is 0.277. The van der Waals surface area contributed by atoms with Gasteiger partial charge in [0.2, 0.25) is 27.7 Å². The molecule has 7 atom stereocenters. The molecule has 4 amide bonds. The van der Waals surface area contributed by atoms with Crippen molar-refractivity contribution in [3.63, 3.8) is 0 Å². The van der Waals surface area contributed by atoms with Gasteiger partial charge in [0.1, 0.15) is 40.9 Å². The number of hydrogen-bond acceptors (Lipinski definition) is 9. The Labute approximate surface area is 301 Å². The number of alkyl halides is 1. The Morgan fingerprint density at radius 2 is 1.94 bits per heavy atom. The summed E-state index contributed by atoms with van der Waals surface area (Å²) in [4.78, 5) is 60.1. The predicted molar refractivity (Wildman–Crippen MR) is 188 cm³/mol. The van der Waals surface area contributed by atoms with Gasteiger partial charge >= 0.3 is 6.09 Å². The zero-order valence-electron chi connectivity index (χ0n) is 29.5. The number of carbonyl (C=O) groups excluding carboxylic acids is 3. The lowest BCUT2D eigenvalue weighted by molar-refractivity contribution is -0.142. The molecule has 3 fully saturated rings. The van der Waals surface area contributed by atoms with E-state index in [0.29, 0.717) is 37.0 Å². The van der Waals surface area contributed by atoms with E-state index in [1.165, 1.54) is 4.90 Å². The lowest BCUT2D eigenvalue weighted by atomic mass is 9.88. The van der Waals surface area contributed by atoms with Crippen LogP contribution in [0.2, 0.25) is 0 Å². The molecule has 2 aliphatic heterocycles. The number of pyridine rings is 1. The molecule has 2 aromatic rings. The van der Waals surface area contributed by atoms with Gasteiger partial charge in [0, 0.05) is 23.9 Å². The van der Waals surface area contributed by atoms with Gasteiger partial charge in [-0.05, 0) is 86.9 Å². The summed E-state index contributed by atoms with van der Waals surface area (Å²) < 4.78 is 52.3. The van der Waals surface area contributed by atoms with Crippen molar-refractivity contribution >= 4 is 44.6 Å². The van der Waals surface area contributed by atoms with Crippen LogP contribution in [0, 0.1) is 17.8 Å². The average molecular weight is 744 g/mol. The van der Waals surface area contributed by atoms with Crippen LogP contribution in [-0.4, -0.2) is 95.5 Å². The number of nitrogens with zero attached hydrogens (tertiary/aromatic N) is 2. The number of carbonyl (C=O) groups is 4. The number of fused-ring (bicyclic) bond motifs is 3. The van der Waals surface area contributed by atoms with Crippen molar-refractivity contribution in [1.29, 1.82) is 0 Å². The third-order valence-corrected chi connectivity index (χ3v) is 12.9. The van der Waals surface area contributed by atoms with Crippen LogP contribution in [0.25, 0.3) is 10.8 Å². The molecule has 2 saturated carbocycles. The van der Waals surface area contributed by atoms with Crippen LogP contribution in [0.15, 0.2) is 42.6 Å². The minimum absolute atomic E-state index is 0.0291. The molecule has 52 heavy (non-hydrogen) atoms. The molecule has 4 aliphatic rings. The highest BCUT2D eigenvalue weighted by molar-refractivity contribution is 7.91. The summed E-state index contributed by atoms with van der Waals surface area (Å²) in [6.07, 6.45) is 5.13. The number of sulfonamides is 1. The van der Waals surface area contributed by atoms with Gasteiger partial charge in [-0.3, -0.25) is 19.1 Å². The molecule has 6 rings (SSSR count). The van der Waals surface area contributed by atoms with Crippen LogP contribution in [0.5, 0.6) is 11.6 Å². The van der Waals surface area contributed by atoms with E-state index in [-0.39, 0.29) is 44.0 Å². The van der Waals surface area contributed by atoms with Gasteiger partial charge in [-0.2, -0.15) is 0 Å². The molecule has 0 unspecified atom stereocenters. The molecule has 14 nitrogen and oxygen atoms in total. The first-order chi connectivity index (χ1) is 24.7. The first-order valence-electron chi connectivity index (χ1n) is 17.8. The van der Waals surface area contributed by atoms with Crippen molar-refractivity contribution in [3.05, 3.63) is 42.6 Å². The van der Waals surface area contributed by atoms with Crippen molar-refractivity contribution in [2.75, 3.05) is 19.8 Å². The van der Waals surface area contributed by atoms with Crippen LogP contribution < -0.4 is 24.8 Å². The van der Waals surface area contributed by atoms with E-state index >= 15 is 0 Å². The zero-order chi connectivity index (χ0) is 37.4. The molecular weight excluding hydrogens is 697 g/mol. The predicted octanol–water partition coefficient (Wildman–Crippen LogP) is 3.45. The number of allylic oxidation sites excluding steroid dienone is 1. The van der Waals surface area contributed by atoms with Crippen LogP contribution in [0.3, 0.4) is 0 Å². The second-order valence-corrected chi connectivity index (χ2v) is 16.8. The van der Waals surface area contributed by atoms with Crippen LogP contribution in [0.1, 0.15) is 65.7 Å². The SMILES string of the molecule is CCOc1ccc2c(O[C@@H]3C[C@H]4C(=O)N[C@]5(C(=O)NS(=O)(=O)C6(CF)CC6)C[C@H]5/C=C\CC[C@@H](C)C[C@@H](C)[C@H](NC(=O)O)C(=O)N4C3)nccc2c1. The Hall–Kier alpha value is -4.47. The third kappa shape index (κ3) is 7.39. The summed E-state index contributed by atoms with van der Waals surface area (Å²) >= 11 is 0. The summed E-state index contributed by atoms with van der Waals surface area (Å²) in [6, 6.07) is 4.83. The van der Waals surface area contributed by atoms with E-state index in [2.05, 4.69) is 20.3 Å². The van der Waals surface area contributed by atoms with Crippen molar-refractivity contribution in [2.24, 2.45) is 17.8 Å². The highest BCUT2D eigenvalue weighted by Crippen LogP contribution is 2.48. The van der Waals surface area contributed by atoms with Gasteiger partial charge in [-0.15, -0.1) is 0 Å². The molecule has 1 saturated heterocycles. The molecule has 2 aliphatic carbocycles. The summed E-state index contributed by atoms with van der Waals surface area (Å²) in [5.74, 6) is -2.29. The summed E-state index contributed by atoms with van der Waals surface area (Å²) in [6.45, 7) is 4.92. The summed E-state index contributed by atoms with van der Waals surface area (Å²) in [5.41, 5.74) is -1.66. The maximum atomic E-state index is 14.3. The number of carboxylic acid groups (broad SMARTS) is 1. The van der Waals surface area contributed by atoms with E-state index in [0.717, 1.165) is 5.39 Å². The number of nitrogens with one attached hydrogen (secondary N) is 3. The number of rotatable bonds is 9. The smallest absolute Gasteiger partial charge is 0.405 e. The molecule has 16 heteroatoms.